The van der Waals surface area contributed by atoms with Gasteiger partial charge in [-0.2, -0.15) is 5.10 Å². The van der Waals surface area contributed by atoms with Gasteiger partial charge in [-0.15, -0.1) is 0 Å². The molecule has 0 bridgehead atoms. The van der Waals surface area contributed by atoms with Gasteiger partial charge in [0.05, 0.1) is 36.9 Å². The van der Waals surface area contributed by atoms with Crippen LogP contribution >= 0.6 is 11.6 Å². The predicted octanol–water partition coefficient (Wildman–Crippen LogP) is 4.20. The number of benzene rings is 1. The molecule has 9 nitrogen and oxygen atoms in total. The van der Waals surface area contributed by atoms with E-state index in [-0.39, 0.29) is 18.0 Å². The number of aromatic nitrogens is 4. The minimum atomic E-state index is -0.264. The molecule has 1 fully saturated rings. The number of aromatic amines is 1. The van der Waals surface area contributed by atoms with Crippen LogP contribution in [0.25, 0.3) is 11.0 Å². The summed E-state index contributed by atoms with van der Waals surface area (Å²) in [5.74, 6) is 0.656. The number of hydrogen-bond donors (Lipinski definition) is 3. The largest absolute Gasteiger partial charge is 0.495 e. The molecular formula is C24H24ClN7O2. The lowest BCUT2D eigenvalue weighted by Gasteiger charge is -2.39. The zero-order valence-corrected chi connectivity index (χ0v) is 19.3. The highest BCUT2D eigenvalue weighted by Gasteiger charge is 2.33. The van der Waals surface area contributed by atoms with Crippen LogP contribution in [0.1, 0.15) is 18.0 Å². The summed E-state index contributed by atoms with van der Waals surface area (Å²) in [4.78, 5) is 24.2. The topological polar surface area (TPSA) is 108 Å². The van der Waals surface area contributed by atoms with Crippen molar-refractivity contribution in [3.63, 3.8) is 0 Å². The lowest BCUT2D eigenvalue weighted by Crippen LogP contribution is -2.51. The Bertz CT molecular complexity index is 1280. The van der Waals surface area contributed by atoms with Crippen LogP contribution in [0.4, 0.5) is 16.2 Å². The van der Waals surface area contributed by atoms with E-state index in [1.807, 2.05) is 18.3 Å². The van der Waals surface area contributed by atoms with Gasteiger partial charge < -0.3 is 20.3 Å². The highest BCUT2D eigenvalue weighted by molar-refractivity contribution is 6.30. The molecule has 0 aliphatic carbocycles. The summed E-state index contributed by atoms with van der Waals surface area (Å²) >= 11 is 5.94. The van der Waals surface area contributed by atoms with Crippen molar-refractivity contribution in [3.8, 4) is 5.75 Å². The van der Waals surface area contributed by atoms with Crippen molar-refractivity contribution in [2.75, 3.05) is 30.4 Å². The third kappa shape index (κ3) is 4.74. The summed E-state index contributed by atoms with van der Waals surface area (Å²) in [5, 5.41) is 13.7. The average molecular weight is 478 g/mol. The number of fused-ring (bicyclic) bond motifs is 1. The smallest absolute Gasteiger partial charge is 0.319 e. The molecule has 1 saturated heterocycles. The van der Waals surface area contributed by atoms with Gasteiger partial charge in [-0.05, 0) is 48.9 Å². The zero-order chi connectivity index (χ0) is 23.5. The molecule has 0 spiro atoms. The van der Waals surface area contributed by atoms with E-state index < -0.39 is 0 Å². The fourth-order valence-corrected chi connectivity index (χ4v) is 4.38. The van der Waals surface area contributed by atoms with Crippen LogP contribution < -0.4 is 20.3 Å². The molecule has 5 rings (SSSR count). The minimum Gasteiger partial charge on any atom is -0.495 e. The van der Waals surface area contributed by atoms with Gasteiger partial charge in [0.25, 0.3) is 0 Å². The number of carbonyl (C=O) groups excluding carboxylic acids is 1. The first-order valence-corrected chi connectivity index (χ1v) is 11.3. The van der Waals surface area contributed by atoms with E-state index in [0.29, 0.717) is 23.0 Å². The van der Waals surface area contributed by atoms with E-state index in [1.165, 1.54) is 0 Å². The van der Waals surface area contributed by atoms with Gasteiger partial charge in [-0.3, -0.25) is 15.1 Å². The number of pyridine rings is 2. The summed E-state index contributed by atoms with van der Waals surface area (Å²) in [6.45, 7) is 1.44. The molecule has 3 N–H and O–H groups in total. The molecule has 3 aromatic heterocycles. The average Bonchev–Trinajstić information content (AvgIpc) is 3.34. The van der Waals surface area contributed by atoms with Crippen LogP contribution in [-0.2, 0) is 0 Å². The van der Waals surface area contributed by atoms with Gasteiger partial charge in [0, 0.05) is 41.5 Å². The molecule has 2 amide bonds. The second-order valence-electron chi connectivity index (χ2n) is 8.17. The van der Waals surface area contributed by atoms with Crippen LogP contribution in [0.15, 0.2) is 61.1 Å². The van der Waals surface area contributed by atoms with Gasteiger partial charge in [0.15, 0.2) is 0 Å². The van der Waals surface area contributed by atoms with Crippen LogP contribution in [0.5, 0.6) is 5.75 Å². The number of halogens is 1. The fourth-order valence-electron chi connectivity index (χ4n) is 4.25. The van der Waals surface area contributed by atoms with E-state index in [9.17, 15) is 4.79 Å². The lowest BCUT2D eigenvalue weighted by molar-refractivity contribution is 0.243. The SMILES string of the molecule is COc1ccc(C2CN(c3cnc4cn[nH]c4c3)CCC2NC(=O)Nc2ccc(Cl)cc2)nc1. The number of hydrogen-bond acceptors (Lipinski definition) is 6. The minimum absolute atomic E-state index is 0.0342. The Labute approximate surface area is 201 Å². The molecule has 0 radical (unpaired) electrons. The van der Waals surface area contributed by atoms with Crippen LogP contribution in [0.3, 0.4) is 0 Å². The van der Waals surface area contributed by atoms with Crippen molar-refractivity contribution in [2.45, 2.75) is 18.4 Å². The first-order valence-electron chi connectivity index (χ1n) is 11.0. The molecule has 174 valence electrons. The Kier molecular flexibility index (Phi) is 6.18. The highest BCUT2D eigenvalue weighted by atomic mass is 35.5. The Balaban J connectivity index is 1.36. The van der Waals surface area contributed by atoms with E-state index in [1.54, 1.807) is 43.8 Å². The monoisotopic (exact) mass is 477 g/mol. The van der Waals surface area contributed by atoms with Crippen LogP contribution in [-0.4, -0.2) is 52.4 Å². The summed E-state index contributed by atoms with van der Waals surface area (Å²) in [6, 6.07) is 12.5. The number of carbonyl (C=O) groups is 1. The number of methoxy groups -OCH3 is 1. The van der Waals surface area contributed by atoms with Crippen LogP contribution in [0.2, 0.25) is 5.02 Å². The molecule has 2 atom stereocenters. The number of H-pyrrole nitrogens is 1. The van der Waals surface area contributed by atoms with Crippen molar-refractivity contribution in [1.29, 1.82) is 0 Å². The van der Waals surface area contributed by atoms with Crippen molar-refractivity contribution in [2.24, 2.45) is 0 Å². The van der Waals surface area contributed by atoms with Crippen molar-refractivity contribution >= 4 is 40.0 Å². The Morgan fingerprint density at radius 2 is 2.00 bits per heavy atom. The maximum atomic E-state index is 12.8. The van der Waals surface area contributed by atoms with Gasteiger partial charge in [0.1, 0.15) is 11.3 Å². The first-order chi connectivity index (χ1) is 16.6. The van der Waals surface area contributed by atoms with E-state index in [0.717, 1.165) is 35.4 Å². The van der Waals surface area contributed by atoms with Crippen molar-refractivity contribution < 1.29 is 9.53 Å². The van der Waals surface area contributed by atoms with E-state index in [4.69, 9.17) is 16.3 Å². The molecule has 2 unspecified atom stereocenters. The summed E-state index contributed by atoms with van der Waals surface area (Å²) in [6.07, 6.45) is 6.01. The third-order valence-electron chi connectivity index (χ3n) is 6.05. The Morgan fingerprint density at radius 1 is 1.15 bits per heavy atom. The molecule has 0 saturated carbocycles. The number of urea groups is 1. The first kappa shape index (κ1) is 22.0. The second-order valence-corrected chi connectivity index (χ2v) is 8.61. The number of ether oxygens (including phenoxy) is 1. The summed E-state index contributed by atoms with van der Waals surface area (Å²) in [7, 11) is 1.61. The number of anilines is 2. The second kappa shape index (κ2) is 9.56. The predicted molar refractivity (Wildman–Crippen MR) is 132 cm³/mol. The molecule has 4 aromatic rings. The number of amides is 2. The maximum absolute atomic E-state index is 12.8. The molecule has 1 aliphatic heterocycles. The van der Waals surface area contributed by atoms with Gasteiger partial charge >= 0.3 is 6.03 Å². The van der Waals surface area contributed by atoms with Crippen molar-refractivity contribution in [1.82, 2.24) is 25.5 Å². The number of nitrogens with one attached hydrogen (secondary N) is 3. The van der Waals surface area contributed by atoms with Crippen molar-refractivity contribution in [3.05, 3.63) is 71.8 Å². The van der Waals surface area contributed by atoms with E-state index in [2.05, 4.69) is 41.8 Å². The molecule has 34 heavy (non-hydrogen) atoms. The van der Waals surface area contributed by atoms with Crippen LogP contribution in [0, 0.1) is 0 Å². The Morgan fingerprint density at radius 3 is 2.76 bits per heavy atom. The number of piperidine rings is 1. The summed E-state index contributed by atoms with van der Waals surface area (Å²) in [5.41, 5.74) is 4.28. The molecule has 1 aliphatic rings. The standard InChI is InChI=1S/C24H24ClN7O2/c1-34-18-6-7-20(27-12-18)19-14-32(17-10-22-23(26-11-17)13-28-31-22)9-8-21(19)30-24(33)29-16-4-2-15(25)3-5-16/h2-7,10-13,19,21H,8-9,14H2,1H3,(H,28,31)(H2,29,30,33). The van der Waals surface area contributed by atoms with Gasteiger partial charge in [0.2, 0.25) is 0 Å². The zero-order valence-electron chi connectivity index (χ0n) is 18.5. The van der Waals surface area contributed by atoms with Gasteiger partial charge in [-0.1, -0.05) is 11.6 Å². The maximum Gasteiger partial charge on any atom is 0.319 e. The molecule has 4 heterocycles. The van der Waals surface area contributed by atoms with E-state index >= 15 is 0 Å². The fraction of sp³-hybridized carbons (Fsp3) is 0.250. The molecular weight excluding hydrogens is 454 g/mol. The molecule has 1 aromatic carbocycles. The normalized spacial score (nSPS) is 18.0. The summed E-state index contributed by atoms with van der Waals surface area (Å²) < 4.78 is 5.27. The van der Waals surface area contributed by atoms with Gasteiger partial charge in [-0.25, -0.2) is 4.79 Å². The quantitative estimate of drug-likeness (QED) is 0.397. The Hall–Kier alpha value is -3.85. The highest BCUT2D eigenvalue weighted by Crippen LogP contribution is 2.31. The molecule has 10 heteroatoms. The third-order valence-corrected chi connectivity index (χ3v) is 6.30. The lowest BCUT2D eigenvalue weighted by atomic mass is 9.88. The number of rotatable bonds is 5. The number of nitrogens with zero attached hydrogens (tertiary/aromatic N) is 4.